The van der Waals surface area contributed by atoms with Gasteiger partial charge < -0.3 is 9.84 Å². The number of ether oxygens (including phenoxy) is 1. The largest absolute Gasteiger partial charge is 0.393 e. The standard InChI is InChI=1S/C14H26O2/c1-2-14(7-3-4-8-14)13(15)11-12-5-9-16-10-6-12/h12-13,15H,2-11H2,1H3. The van der Waals surface area contributed by atoms with Gasteiger partial charge in [-0.25, -0.2) is 0 Å². The highest BCUT2D eigenvalue weighted by molar-refractivity contribution is 4.90. The second-order valence-electron chi connectivity index (χ2n) is 5.73. The highest BCUT2D eigenvalue weighted by atomic mass is 16.5. The van der Waals surface area contributed by atoms with Crippen molar-refractivity contribution in [3.8, 4) is 0 Å². The summed E-state index contributed by atoms with van der Waals surface area (Å²) < 4.78 is 5.38. The van der Waals surface area contributed by atoms with Gasteiger partial charge in [-0.1, -0.05) is 19.8 Å². The Morgan fingerprint density at radius 2 is 1.88 bits per heavy atom. The summed E-state index contributed by atoms with van der Waals surface area (Å²) >= 11 is 0. The molecule has 16 heavy (non-hydrogen) atoms. The quantitative estimate of drug-likeness (QED) is 0.798. The number of hydrogen-bond acceptors (Lipinski definition) is 2. The molecule has 2 rings (SSSR count). The summed E-state index contributed by atoms with van der Waals surface area (Å²) in [6.45, 7) is 4.05. The molecule has 2 nitrogen and oxygen atoms in total. The normalized spacial score (nSPS) is 28.1. The van der Waals surface area contributed by atoms with Crippen molar-refractivity contribution in [2.45, 2.75) is 64.4 Å². The van der Waals surface area contributed by atoms with E-state index in [1.165, 1.54) is 25.7 Å². The van der Waals surface area contributed by atoms with Gasteiger partial charge in [0.25, 0.3) is 0 Å². The van der Waals surface area contributed by atoms with Gasteiger partial charge in [0, 0.05) is 13.2 Å². The third kappa shape index (κ3) is 2.60. The van der Waals surface area contributed by atoms with Gasteiger partial charge in [0.2, 0.25) is 0 Å². The summed E-state index contributed by atoms with van der Waals surface area (Å²) in [6, 6.07) is 0. The van der Waals surface area contributed by atoms with Gasteiger partial charge in [0.15, 0.2) is 0 Å². The van der Waals surface area contributed by atoms with Crippen LogP contribution in [0, 0.1) is 11.3 Å². The van der Waals surface area contributed by atoms with Gasteiger partial charge >= 0.3 is 0 Å². The van der Waals surface area contributed by atoms with E-state index in [0.29, 0.717) is 5.92 Å². The van der Waals surface area contributed by atoms with Crippen LogP contribution in [0.1, 0.15) is 58.3 Å². The fraction of sp³-hybridized carbons (Fsp3) is 1.00. The van der Waals surface area contributed by atoms with Crippen LogP contribution in [0.3, 0.4) is 0 Å². The zero-order valence-electron chi connectivity index (χ0n) is 10.6. The van der Waals surface area contributed by atoms with Crippen LogP contribution in [0.15, 0.2) is 0 Å². The smallest absolute Gasteiger partial charge is 0.0599 e. The van der Waals surface area contributed by atoms with Crippen LogP contribution in [0.25, 0.3) is 0 Å². The molecule has 0 aromatic carbocycles. The first-order valence-electron chi connectivity index (χ1n) is 7.02. The lowest BCUT2D eigenvalue weighted by Gasteiger charge is -2.36. The van der Waals surface area contributed by atoms with Crippen LogP contribution >= 0.6 is 0 Å². The van der Waals surface area contributed by atoms with Crippen molar-refractivity contribution in [1.29, 1.82) is 0 Å². The molecule has 0 spiro atoms. The maximum Gasteiger partial charge on any atom is 0.0599 e. The summed E-state index contributed by atoms with van der Waals surface area (Å²) in [5.74, 6) is 0.702. The molecule has 2 fully saturated rings. The second kappa shape index (κ2) is 5.50. The first-order valence-corrected chi connectivity index (χ1v) is 7.02. The van der Waals surface area contributed by atoms with Gasteiger partial charge in [0.05, 0.1) is 6.10 Å². The Balaban J connectivity index is 1.87. The number of hydrogen-bond donors (Lipinski definition) is 1. The molecule has 0 aromatic rings. The van der Waals surface area contributed by atoms with Crippen molar-refractivity contribution >= 4 is 0 Å². The first-order chi connectivity index (χ1) is 7.77. The molecule has 1 heterocycles. The maximum atomic E-state index is 10.5. The lowest BCUT2D eigenvalue weighted by molar-refractivity contribution is -0.0135. The van der Waals surface area contributed by atoms with E-state index in [2.05, 4.69) is 6.92 Å². The molecule has 1 N–H and O–H groups in total. The van der Waals surface area contributed by atoms with Crippen molar-refractivity contribution in [2.75, 3.05) is 13.2 Å². The Labute approximate surface area is 99.4 Å². The van der Waals surface area contributed by atoms with E-state index in [9.17, 15) is 5.11 Å². The van der Waals surface area contributed by atoms with Crippen LogP contribution in [0.2, 0.25) is 0 Å². The molecule has 1 aliphatic carbocycles. The molecule has 0 amide bonds. The molecule has 2 heteroatoms. The highest BCUT2D eigenvalue weighted by Crippen LogP contribution is 2.46. The molecule has 1 saturated carbocycles. The molecular formula is C14H26O2. The van der Waals surface area contributed by atoms with E-state index in [4.69, 9.17) is 4.74 Å². The van der Waals surface area contributed by atoms with Crippen molar-refractivity contribution in [1.82, 2.24) is 0 Å². The monoisotopic (exact) mass is 226 g/mol. The van der Waals surface area contributed by atoms with Gasteiger partial charge in [-0.05, 0) is 49.9 Å². The lowest BCUT2D eigenvalue weighted by Crippen LogP contribution is -2.34. The molecule has 0 bridgehead atoms. The Hall–Kier alpha value is -0.0800. The number of aliphatic hydroxyl groups excluding tert-OH is 1. The van der Waals surface area contributed by atoms with E-state index in [1.807, 2.05) is 0 Å². The molecule has 1 aliphatic heterocycles. The average molecular weight is 226 g/mol. The molecular weight excluding hydrogens is 200 g/mol. The predicted octanol–water partition coefficient (Wildman–Crippen LogP) is 3.13. The summed E-state index contributed by atoms with van der Waals surface area (Å²) in [5.41, 5.74) is 0.262. The van der Waals surface area contributed by atoms with E-state index in [-0.39, 0.29) is 11.5 Å². The van der Waals surface area contributed by atoms with Crippen LogP contribution in [-0.2, 0) is 4.74 Å². The Morgan fingerprint density at radius 3 is 2.44 bits per heavy atom. The molecule has 94 valence electrons. The van der Waals surface area contributed by atoms with Gasteiger partial charge in [-0.15, -0.1) is 0 Å². The summed E-state index contributed by atoms with van der Waals surface area (Å²) in [7, 11) is 0. The molecule has 1 atom stereocenters. The molecule has 1 saturated heterocycles. The topological polar surface area (TPSA) is 29.5 Å². The van der Waals surface area contributed by atoms with Crippen LogP contribution in [0.5, 0.6) is 0 Å². The van der Waals surface area contributed by atoms with E-state index in [1.54, 1.807) is 0 Å². The lowest BCUT2D eigenvalue weighted by atomic mass is 9.74. The minimum atomic E-state index is -0.0666. The Morgan fingerprint density at radius 1 is 1.25 bits per heavy atom. The van der Waals surface area contributed by atoms with Crippen molar-refractivity contribution in [3.63, 3.8) is 0 Å². The van der Waals surface area contributed by atoms with Crippen molar-refractivity contribution in [3.05, 3.63) is 0 Å². The van der Waals surface area contributed by atoms with Gasteiger partial charge in [-0.2, -0.15) is 0 Å². The van der Waals surface area contributed by atoms with E-state index < -0.39 is 0 Å². The summed E-state index contributed by atoms with van der Waals surface area (Å²) in [4.78, 5) is 0. The van der Waals surface area contributed by atoms with E-state index in [0.717, 1.165) is 38.9 Å². The fourth-order valence-corrected chi connectivity index (χ4v) is 3.55. The predicted molar refractivity (Wildman–Crippen MR) is 65.4 cm³/mol. The highest BCUT2D eigenvalue weighted by Gasteiger charge is 2.39. The fourth-order valence-electron chi connectivity index (χ4n) is 3.55. The Bertz CT molecular complexity index is 203. The summed E-state index contributed by atoms with van der Waals surface area (Å²) in [6.07, 6.45) is 9.52. The van der Waals surface area contributed by atoms with Crippen molar-refractivity contribution < 1.29 is 9.84 Å². The maximum absolute atomic E-state index is 10.5. The SMILES string of the molecule is CCC1(C(O)CC2CCOCC2)CCCC1. The van der Waals surface area contributed by atoms with Gasteiger partial charge in [-0.3, -0.25) is 0 Å². The minimum Gasteiger partial charge on any atom is -0.393 e. The third-order valence-corrected chi connectivity index (χ3v) is 4.91. The number of rotatable bonds is 4. The van der Waals surface area contributed by atoms with Crippen LogP contribution < -0.4 is 0 Å². The minimum absolute atomic E-state index is 0.0666. The van der Waals surface area contributed by atoms with Crippen LogP contribution in [-0.4, -0.2) is 24.4 Å². The molecule has 0 radical (unpaired) electrons. The third-order valence-electron chi connectivity index (χ3n) is 4.91. The van der Waals surface area contributed by atoms with Gasteiger partial charge in [0.1, 0.15) is 0 Å². The molecule has 1 unspecified atom stereocenters. The zero-order valence-corrected chi connectivity index (χ0v) is 10.6. The molecule has 2 aliphatic rings. The molecule has 0 aromatic heterocycles. The summed E-state index contributed by atoms with van der Waals surface area (Å²) in [5, 5.41) is 10.5. The second-order valence-corrected chi connectivity index (χ2v) is 5.73. The van der Waals surface area contributed by atoms with Crippen molar-refractivity contribution in [2.24, 2.45) is 11.3 Å². The number of aliphatic hydroxyl groups is 1. The van der Waals surface area contributed by atoms with E-state index >= 15 is 0 Å². The van der Waals surface area contributed by atoms with Crippen LogP contribution in [0.4, 0.5) is 0 Å². The zero-order chi connectivity index (χ0) is 11.4. The average Bonchev–Trinajstić information content (AvgIpc) is 2.80. The first kappa shape index (κ1) is 12.4. The Kier molecular flexibility index (Phi) is 4.26.